The molecule has 0 aliphatic heterocycles. The van der Waals surface area contributed by atoms with Crippen LogP contribution in [0.1, 0.15) is 25.0 Å². The second-order valence-corrected chi connectivity index (χ2v) is 7.62. The number of carbonyl (C=O) groups is 1. The smallest absolute Gasteiger partial charge is 0.244 e. The number of aryl methyl sites for hydroxylation is 1. The summed E-state index contributed by atoms with van der Waals surface area (Å²) >= 11 is 3.48. The minimum Gasteiger partial charge on any atom is -0.493 e. The molecule has 0 bridgehead atoms. The Balaban J connectivity index is 2.17. The number of amides is 1. The molecule has 1 N–H and O–H groups in total. The average molecular weight is 454 g/mol. The maximum absolute atomic E-state index is 12.2. The predicted octanol–water partition coefficient (Wildman–Crippen LogP) is 6.27. The highest BCUT2D eigenvalue weighted by Crippen LogP contribution is 2.40. The number of furan rings is 1. The number of halogens is 1. The van der Waals surface area contributed by atoms with E-state index in [-0.39, 0.29) is 5.91 Å². The Morgan fingerprint density at radius 3 is 2.69 bits per heavy atom. The molecule has 4 nitrogen and oxygen atoms in total. The van der Waals surface area contributed by atoms with Crippen LogP contribution >= 0.6 is 15.9 Å². The van der Waals surface area contributed by atoms with Gasteiger partial charge in [-0.3, -0.25) is 4.79 Å². The van der Waals surface area contributed by atoms with Gasteiger partial charge in [-0.05, 0) is 50.1 Å². The van der Waals surface area contributed by atoms with E-state index in [0.717, 1.165) is 49.0 Å². The standard InChI is InChI=1S/C24H24BrNO3/c1-5-11-26-22(27)12-15(3)19-13-20-21(17-7-9-18(25)10-8-17)14-29-24(20)16(4)23(19)28-6-2/h5,7-10,12-14H,1,6,11H2,2-4H3,(H,26,27)/b15-12+. The van der Waals surface area contributed by atoms with Crippen LogP contribution in [0.15, 0.2) is 64.2 Å². The first-order valence-corrected chi connectivity index (χ1v) is 10.3. The Labute approximate surface area is 179 Å². The van der Waals surface area contributed by atoms with Gasteiger partial charge in [0, 0.05) is 39.2 Å². The predicted molar refractivity (Wildman–Crippen MR) is 122 cm³/mol. The van der Waals surface area contributed by atoms with E-state index in [9.17, 15) is 4.79 Å². The van der Waals surface area contributed by atoms with Crippen LogP contribution in [-0.2, 0) is 4.79 Å². The third-order valence-corrected chi connectivity index (χ3v) is 5.21. The SMILES string of the molecule is C=CCNC(=O)/C=C(\C)c1cc2c(-c3ccc(Br)cc3)coc2c(C)c1OCC. The largest absolute Gasteiger partial charge is 0.493 e. The number of ether oxygens (including phenoxy) is 1. The van der Waals surface area contributed by atoms with Crippen LogP contribution in [0.3, 0.4) is 0 Å². The topological polar surface area (TPSA) is 51.5 Å². The van der Waals surface area contributed by atoms with Gasteiger partial charge < -0.3 is 14.5 Å². The van der Waals surface area contributed by atoms with Crippen molar-refractivity contribution in [3.05, 3.63) is 70.9 Å². The van der Waals surface area contributed by atoms with Crippen LogP contribution in [0.2, 0.25) is 0 Å². The van der Waals surface area contributed by atoms with Gasteiger partial charge >= 0.3 is 0 Å². The maximum atomic E-state index is 12.2. The molecule has 2 aromatic carbocycles. The first-order chi connectivity index (χ1) is 14.0. The fourth-order valence-corrected chi connectivity index (χ4v) is 3.55. The van der Waals surface area contributed by atoms with Crippen molar-refractivity contribution in [3.8, 4) is 16.9 Å². The number of nitrogens with one attached hydrogen (secondary N) is 1. The number of fused-ring (bicyclic) bond motifs is 1. The van der Waals surface area contributed by atoms with Crippen LogP contribution in [0.25, 0.3) is 27.7 Å². The van der Waals surface area contributed by atoms with Gasteiger partial charge in [-0.25, -0.2) is 0 Å². The van der Waals surface area contributed by atoms with E-state index in [1.54, 1.807) is 18.4 Å². The van der Waals surface area contributed by atoms with Crippen LogP contribution in [0, 0.1) is 6.92 Å². The number of benzene rings is 2. The molecule has 1 heterocycles. The van der Waals surface area contributed by atoms with Crippen molar-refractivity contribution in [1.29, 1.82) is 0 Å². The molecular formula is C24H24BrNO3. The fourth-order valence-electron chi connectivity index (χ4n) is 3.29. The molecular weight excluding hydrogens is 430 g/mol. The zero-order valence-corrected chi connectivity index (χ0v) is 18.4. The molecule has 3 aromatic rings. The van der Waals surface area contributed by atoms with Crippen LogP contribution in [-0.4, -0.2) is 19.1 Å². The Bertz CT molecular complexity index is 1080. The lowest BCUT2D eigenvalue weighted by Crippen LogP contribution is -2.20. The molecule has 1 amide bonds. The Morgan fingerprint density at radius 1 is 1.31 bits per heavy atom. The molecule has 0 aliphatic carbocycles. The van der Waals surface area contributed by atoms with Crippen molar-refractivity contribution < 1.29 is 13.9 Å². The third-order valence-electron chi connectivity index (χ3n) is 4.68. The summed E-state index contributed by atoms with van der Waals surface area (Å²) in [5.74, 6) is 0.574. The molecule has 29 heavy (non-hydrogen) atoms. The van der Waals surface area contributed by atoms with Gasteiger partial charge in [0.1, 0.15) is 11.3 Å². The number of rotatable bonds is 7. The summed E-state index contributed by atoms with van der Waals surface area (Å²) in [6, 6.07) is 10.1. The Kier molecular flexibility index (Phi) is 6.60. The zero-order chi connectivity index (χ0) is 21.0. The van der Waals surface area contributed by atoms with E-state index >= 15 is 0 Å². The van der Waals surface area contributed by atoms with E-state index < -0.39 is 0 Å². The summed E-state index contributed by atoms with van der Waals surface area (Å²) in [7, 11) is 0. The van der Waals surface area contributed by atoms with Gasteiger partial charge in [0.25, 0.3) is 0 Å². The average Bonchev–Trinajstić information content (AvgIpc) is 3.13. The van der Waals surface area contributed by atoms with Crippen molar-refractivity contribution in [3.63, 3.8) is 0 Å². The molecule has 0 spiro atoms. The third kappa shape index (κ3) is 4.46. The van der Waals surface area contributed by atoms with E-state index in [0.29, 0.717) is 13.2 Å². The lowest BCUT2D eigenvalue weighted by Gasteiger charge is -2.15. The number of carbonyl (C=O) groups excluding carboxylic acids is 1. The van der Waals surface area contributed by atoms with Crippen molar-refractivity contribution in [2.24, 2.45) is 0 Å². The lowest BCUT2D eigenvalue weighted by atomic mass is 9.96. The second kappa shape index (κ2) is 9.14. The van der Waals surface area contributed by atoms with Gasteiger partial charge in [0.2, 0.25) is 5.91 Å². The molecule has 150 valence electrons. The van der Waals surface area contributed by atoms with Gasteiger partial charge in [-0.15, -0.1) is 6.58 Å². The number of hydrogen-bond acceptors (Lipinski definition) is 3. The van der Waals surface area contributed by atoms with E-state index in [2.05, 4.69) is 27.8 Å². The molecule has 0 unspecified atom stereocenters. The molecule has 3 rings (SSSR count). The second-order valence-electron chi connectivity index (χ2n) is 6.71. The van der Waals surface area contributed by atoms with Crippen molar-refractivity contribution >= 4 is 38.4 Å². The number of hydrogen-bond donors (Lipinski definition) is 1. The van der Waals surface area contributed by atoms with Crippen LogP contribution < -0.4 is 10.1 Å². The van der Waals surface area contributed by atoms with E-state index in [4.69, 9.17) is 9.15 Å². The Morgan fingerprint density at radius 2 is 2.03 bits per heavy atom. The number of allylic oxidation sites excluding steroid dienone is 1. The summed E-state index contributed by atoms with van der Waals surface area (Å²) in [5, 5.41) is 3.77. The molecule has 0 saturated heterocycles. The summed E-state index contributed by atoms with van der Waals surface area (Å²) in [6.45, 7) is 10.4. The molecule has 1 aromatic heterocycles. The van der Waals surface area contributed by atoms with Gasteiger partial charge in [0.15, 0.2) is 0 Å². The normalized spacial score (nSPS) is 11.5. The molecule has 0 fully saturated rings. The zero-order valence-electron chi connectivity index (χ0n) is 16.8. The van der Waals surface area contributed by atoms with Crippen molar-refractivity contribution in [1.82, 2.24) is 5.32 Å². The molecule has 0 aliphatic rings. The fraction of sp³-hybridized carbons (Fsp3) is 0.208. The molecule has 0 saturated carbocycles. The minimum atomic E-state index is -0.164. The summed E-state index contributed by atoms with van der Waals surface area (Å²) in [4.78, 5) is 12.2. The van der Waals surface area contributed by atoms with Crippen LogP contribution in [0.4, 0.5) is 0 Å². The van der Waals surface area contributed by atoms with Gasteiger partial charge in [0.05, 0.1) is 12.9 Å². The summed E-state index contributed by atoms with van der Waals surface area (Å²) in [5.41, 5.74) is 5.48. The summed E-state index contributed by atoms with van der Waals surface area (Å²) < 4.78 is 12.9. The quantitative estimate of drug-likeness (QED) is 0.338. The Hall–Kier alpha value is -2.79. The van der Waals surface area contributed by atoms with Crippen molar-refractivity contribution in [2.75, 3.05) is 13.2 Å². The highest BCUT2D eigenvalue weighted by molar-refractivity contribution is 9.10. The lowest BCUT2D eigenvalue weighted by molar-refractivity contribution is -0.116. The maximum Gasteiger partial charge on any atom is 0.244 e. The monoisotopic (exact) mass is 453 g/mol. The van der Waals surface area contributed by atoms with Crippen molar-refractivity contribution in [2.45, 2.75) is 20.8 Å². The van der Waals surface area contributed by atoms with Gasteiger partial charge in [-0.1, -0.05) is 34.1 Å². The molecule has 0 radical (unpaired) electrons. The molecule has 0 atom stereocenters. The minimum absolute atomic E-state index is 0.164. The van der Waals surface area contributed by atoms with Crippen LogP contribution in [0.5, 0.6) is 5.75 Å². The summed E-state index contributed by atoms with van der Waals surface area (Å²) in [6.07, 6.45) is 5.02. The highest BCUT2D eigenvalue weighted by atomic mass is 79.9. The molecule has 5 heteroatoms. The van der Waals surface area contributed by atoms with E-state index in [1.165, 1.54) is 0 Å². The van der Waals surface area contributed by atoms with Gasteiger partial charge in [-0.2, -0.15) is 0 Å². The highest BCUT2D eigenvalue weighted by Gasteiger charge is 2.19. The van der Waals surface area contributed by atoms with E-state index in [1.807, 2.05) is 51.1 Å². The first-order valence-electron chi connectivity index (χ1n) is 9.47. The first kappa shape index (κ1) is 20.9.